The Kier molecular flexibility index (Phi) is 4.20. The van der Waals surface area contributed by atoms with Gasteiger partial charge in [-0.25, -0.2) is 5.01 Å². The van der Waals surface area contributed by atoms with Crippen LogP contribution in [0.4, 0.5) is 0 Å². The van der Waals surface area contributed by atoms with Gasteiger partial charge in [0.15, 0.2) is 0 Å². The largest absolute Gasteiger partial charge is 0.277 e. The van der Waals surface area contributed by atoms with E-state index in [-0.39, 0.29) is 0 Å². The first-order chi connectivity index (χ1) is 4.70. The van der Waals surface area contributed by atoms with Crippen LogP contribution in [-0.4, -0.2) is 24.2 Å². The zero-order chi connectivity index (χ0) is 7.98. The van der Waals surface area contributed by atoms with E-state index in [9.17, 15) is 4.79 Å². The highest BCUT2D eigenvalue weighted by molar-refractivity contribution is 5.92. The summed E-state index contributed by atoms with van der Waals surface area (Å²) in [6, 6.07) is 0. The molecule has 0 aliphatic carbocycles. The summed E-state index contributed by atoms with van der Waals surface area (Å²) in [4.78, 5) is 10.0. The van der Waals surface area contributed by atoms with Crippen LogP contribution in [0.25, 0.3) is 0 Å². The topological polar surface area (TPSA) is 32.7 Å². The van der Waals surface area contributed by atoms with Crippen molar-refractivity contribution in [1.82, 2.24) is 5.01 Å². The lowest BCUT2D eigenvalue weighted by Gasteiger charge is -2.01. The normalized spacial score (nSPS) is 12.1. The molecule has 3 heteroatoms. The van der Waals surface area contributed by atoms with Crippen LogP contribution in [-0.2, 0) is 4.79 Å². The van der Waals surface area contributed by atoms with E-state index in [0.29, 0.717) is 6.41 Å². The maximum absolute atomic E-state index is 10.0. The predicted molar refractivity (Wildman–Crippen MR) is 41.8 cm³/mol. The van der Waals surface area contributed by atoms with Crippen LogP contribution in [0, 0.1) is 0 Å². The van der Waals surface area contributed by atoms with Crippen LogP contribution in [0.5, 0.6) is 0 Å². The van der Waals surface area contributed by atoms with Crippen molar-refractivity contribution in [3.8, 4) is 0 Å². The lowest BCUT2D eigenvalue weighted by atomic mass is 10.4. The Balaban J connectivity index is 4.01. The second kappa shape index (κ2) is 4.73. The Morgan fingerprint density at radius 2 is 2.20 bits per heavy atom. The number of carbonyl (C=O) groups is 1. The van der Waals surface area contributed by atoms with Gasteiger partial charge in [-0.3, -0.25) is 4.79 Å². The van der Waals surface area contributed by atoms with Gasteiger partial charge in [-0.1, -0.05) is 6.08 Å². The van der Waals surface area contributed by atoms with Crippen LogP contribution in [0.1, 0.15) is 13.8 Å². The monoisotopic (exact) mass is 140 g/mol. The second-order valence-electron chi connectivity index (χ2n) is 1.92. The highest BCUT2D eigenvalue weighted by atomic mass is 16.1. The van der Waals surface area contributed by atoms with E-state index in [0.717, 1.165) is 5.71 Å². The average molecular weight is 140 g/mol. The van der Waals surface area contributed by atoms with Crippen LogP contribution >= 0.6 is 0 Å². The summed E-state index contributed by atoms with van der Waals surface area (Å²) < 4.78 is 0. The predicted octanol–water partition coefficient (Wildman–Crippen LogP) is 1.03. The fourth-order valence-corrected chi connectivity index (χ4v) is 0.547. The molecule has 0 atom stereocenters. The molecule has 1 amide bonds. The van der Waals surface area contributed by atoms with Crippen molar-refractivity contribution < 1.29 is 4.79 Å². The van der Waals surface area contributed by atoms with Crippen LogP contribution in [0.2, 0.25) is 0 Å². The van der Waals surface area contributed by atoms with E-state index in [2.05, 4.69) is 5.10 Å². The number of rotatable bonds is 3. The smallest absolute Gasteiger partial charge is 0.229 e. The molecule has 0 aromatic carbocycles. The third kappa shape index (κ3) is 3.83. The lowest BCUT2D eigenvalue weighted by Crippen LogP contribution is -2.09. The van der Waals surface area contributed by atoms with Gasteiger partial charge in [0.1, 0.15) is 0 Å². The maximum Gasteiger partial charge on any atom is 0.229 e. The van der Waals surface area contributed by atoms with Crippen molar-refractivity contribution in [3.05, 3.63) is 12.2 Å². The van der Waals surface area contributed by atoms with Crippen molar-refractivity contribution in [2.75, 3.05) is 7.05 Å². The summed E-state index contributed by atoms with van der Waals surface area (Å²) in [7, 11) is 1.60. The summed E-state index contributed by atoms with van der Waals surface area (Å²) >= 11 is 0. The van der Waals surface area contributed by atoms with Gasteiger partial charge in [0.2, 0.25) is 6.41 Å². The number of hydrogen-bond donors (Lipinski definition) is 0. The van der Waals surface area contributed by atoms with Gasteiger partial charge in [0, 0.05) is 7.05 Å². The standard InChI is InChI=1S/C7H12N2O/c1-4-5-7(2)8-9(3)6-10/h4-6H,1-3H3/b5-4-,8-7-. The molecule has 0 radical (unpaired) electrons. The first-order valence-corrected chi connectivity index (χ1v) is 3.06. The van der Waals surface area contributed by atoms with Crippen molar-refractivity contribution in [3.63, 3.8) is 0 Å². The Hall–Kier alpha value is -1.12. The van der Waals surface area contributed by atoms with Crippen molar-refractivity contribution >= 4 is 12.1 Å². The molecule has 0 aliphatic rings. The summed E-state index contributed by atoms with van der Waals surface area (Å²) in [5.41, 5.74) is 0.817. The van der Waals surface area contributed by atoms with Gasteiger partial charge in [0.25, 0.3) is 0 Å². The minimum Gasteiger partial charge on any atom is -0.277 e. The van der Waals surface area contributed by atoms with Gasteiger partial charge in [-0.2, -0.15) is 5.10 Å². The number of amides is 1. The third-order valence-electron chi connectivity index (χ3n) is 0.876. The van der Waals surface area contributed by atoms with E-state index >= 15 is 0 Å². The molecular weight excluding hydrogens is 128 g/mol. The third-order valence-corrected chi connectivity index (χ3v) is 0.876. The van der Waals surface area contributed by atoms with Gasteiger partial charge in [-0.05, 0) is 19.9 Å². The first-order valence-electron chi connectivity index (χ1n) is 3.06. The molecule has 0 heterocycles. The van der Waals surface area contributed by atoms with Crippen LogP contribution in [0.3, 0.4) is 0 Å². The molecule has 0 N–H and O–H groups in total. The number of carbonyl (C=O) groups excluding carboxylic acids is 1. The summed E-state index contributed by atoms with van der Waals surface area (Å²) in [6.07, 6.45) is 4.37. The molecule has 0 bridgehead atoms. The van der Waals surface area contributed by atoms with Gasteiger partial charge < -0.3 is 0 Å². The van der Waals surface area contributed by atoms with E-state index in [1.807, 2.05) is 26.0 Å². The zero-order valence-electron chi connectivity index (χ0n) is 6.53. The van der Waals surface area contributed by atoms with Gasteiger partial charge in [-0.15, -0.1) is 0 Å². The number of allylic oxidation sites excluding steroid dienone is 2. The van der Waals surface area contributed by atoms with E-state index in [1.165, 1.54) is 5.01 Å². The molecule has 0 saturated heterocycles. The van der Waals surface area contributed by atoms with Crippen LogP contribution in [0.15, 0.2) is 17.3 Å². The highest BCUT2D eigenvalue weighted by Crippen LogP contribution is 1.83. The van der Waals surface area contributed by atoms with Gasteiger partial charge in [0.05, 0.1) is 5.71 Å². The minimum absolute atomic E-state index is 0.660. The summed E-state index contributed by atoms with van der Waals surface area (Å²) in [6.45, 7) is 3.74. The molecule has 0 rings (SSSR count). The Labute approximate surface area is 61.0 Å². The molecule has 0 saturated carbocycles. The molecule has 10 heavy (non-hydrogen) atoms. The molecule has 0 spiro atoms. The second-order valence-corrected chi connectivity index (χ2v) is 1.92. The van der Waals surface area contributed by atoms with E-state index in [4.69, 9.17) is 0 Å². The molecule has 56 valence electrons. The van der Waals surface area contributed by atoms with E-state index < -0.39 is 0 Å². The lowest BCUT2D eigenvalue weighted by molar-refractivity contribution is -0.117. The van der Waals surface area contributed by atoms with Gasteiger partial charge >= 0.3 is 0 Å². The van der Waals surface area contributed by atoms with E-state index in [1.54, 1.807) is 7.05 Å². The molecule has 3 nitrogen and oxygen atoms in total. The minimum atomic E-state index is 0.660. The summed E-state index contributed by atoms with van der Waals surface area (Å²) in [5.74, 6) is 0. The molecule has 0 aromatic heterocycles. The summed E-state index contributed by atoms with van der Waals surface area (Å²) in [5, 5.41) is 5.11. The van der Waals surface area contributed by atoms with Crippen molar-refractivity contribution in [2.24, 2.45) is 5.10 Å². The Bertz CT molecular complexity index is 161. The average Bonchev–Trinajstić information content (AvgIpc) is 1.88. The zero-order valence-corrected chi connectivity index (χ0v) is 6.53. The SMILES string of the molecule is C/C=C\C(C)=N/N(C)C=O. The first kappa shape index (κ1) is 8.88. The fourth-order valence-electron chi connectivity index (χ4n) is 0.547. The molecule has 0 fully saturated rings. The molecular formula is C7H12N2O. The Morgan fingerprint density at radius 1 is 1.60 bits per heavy atom. The van der Waals surface area contributed by atoms with Crippen molar-refractivity contribution in [1.29, 1.82) is 0 Å². The number of hydrogen-bond acceptors (Lipinski definition) is 2. The quantitative estimate of drug-likeness (QED) is 0.327. The molecule has 0 aromatic rings. The number of nitrogens with zero attached hydrogens (tertiary/aromatic N) is 2. The Morgan fingerprint density at radius 3 is 2.60 bits per heavy atom. The fraction of sp³-hybridized carbons (Fsp3) is 0.429. The van der Waals surface area contributed by atoms with Crippen LogP contribution < -0.4 is 0 Å². The molecule has 0 aliphatic heterocycles. The van der Waals surface area contributed by atoms with Crippen molar-refractivity contribution in [2.45, 2.75) is 13.8 Å². The molecule has 0 unspecified atom stereocenters. The maximum atomic E-state index is 10.0. The number of hydrazone groups is 1. The highest BCUT2D eigenvalue weighted by Gasteiger charge is 1.86.